The van der Waals surface area contributed by atoms with Gasteiger partial charge in [-0.2, -0.15) is 0 Å². The summed E-state index contributed by atoms with van der Waals surface area (Å²) in [6, 6.07) is 6.40. The maximum absolute atomic E-state index is 5.14. The number of anilines is 1. The Bertz CT molecular complexity index is 317. The van der Waals surface area contributed by atoms with E-state index in [0.29, 0.717) is 12.6 Å². The molecule has 90 valence electrons. The molecule has 0 fully saturated rings. The van der Waals surface area contributed by atoms with Crippen molar-refractivity contribution in [3.05, 3.63) is 23.9 Å². The quantitative estimate of drug-likeness (QED) is 0.788. The second-order valence-corrected chi connectivity index (χ2v) is 3.93. The lowest BCUT2D eigenvalue weighted by atomic mass is 10.3. The van der Waals surface area contributed by atoms with Crippen LogP contribution < -0.4 is 10.2 Å². The molecule has 1 aromatic rings. The molecular formula is C12H21N3O. The molecule has 0 aliphatic rings. The minimum atomic E-state index is 0.322. The third-order valence-corrected chi connectivity index (χ3v) is 2.58. The molecule has 1 atom stereocenters. The van der Waals surface area contributed by atoms with Gasteiger partial charge in [-0.25, -0.2) is 4.98 Å². The van der Waals surface area contributed by atoms with E-state index in [0.717, 1.165) is 18.1 Å². The highest BCUT2D eigenvalue weighted by Gasteiger charge is 2.10. The number of nitrogens with zero attached hydrogens (tertiary/aromatic N) is 2. The number of hydrogen-bond donors (Lipinski definition) is 1. The topological polar surface area (TPSA) is 37.4 Å². The maximum Gasteiger partial charge on any atom is 0.128 e. The molecule has 0 saturated heterocycles. The maximum atomic E-state index is 5.14. The number of methoxy groups -OCH3 is 1. The fraction of sp³-hybridized carbons (Fsp3) is 0.583. The molecule has 1 heterocycles. The van der Waals surface area contributed by atoms with Crippen molar-refractivity contribution < 1.29 is 4.74 Å². The molecule has 0 amide bonds. The number of ether oxygens (including phenoxy) is 1. The number of pyridine rings is 1. The van der Waals surface area contributed by atoms with Gasteiger partial charge in [-0.3, -0.25) is 0 Å². The number of nitrogens with one attached hydrogen (secondary N) is 1. The van der Waals surface area contributed by atoms with Gasteiger partial charge in [-0.15, -0.1) is 0 Å². The Labute approximate surface area is 97.6 Å². The molecule has 1 unspecified atom stereocenters. The van der Waals surface area contributed by atoms with Crippen LogP contribution in [-0.4, -0.2) is 38.8 Å². The first-order chi connectivity index (χ1) is 7.69. The van der Waals surface area contributed by atoms with Crippen molar-refractivity contribution in [2.75, 3.05) is 32.7 Å². The second-order valence-electron chi connectivity index (χ2n) is 3.93. The van der Waals surface area contributed by atoms with Gasteiger partial charge in [-0.1, -0.05) is 6.07 Å². The van der Waals surface area contributed by atoms with Crippen LogP contribution in [0.4, 0.5) is 5.82 Å². The van der Waals surface area contributed by atoms with Gasteiger partial charge in [0, 0.05) is 20.7 Å². The summed E-state index contributed by atoms with van der Waals surface area (Å²) < 4.78 is 5.14. The Morgan fingerprint density at radius 3 is 2.88 bits per heavy atom. The first-order valence-electron chi connectivity index (χ1n) is 5.51. The van der Waals surface area contributed by atoms with E-state index in [1.54, 1.807) is 7.11 Å². The molecule has 16 heavy (non-hydrogen) atoms. The van der Waals surface area contributed by atoms with Gasteiger partial charge >= 0.3 is 0 Å². The average molecular weight is 223 g/mol. The standard InChI is InChI=1S/C12H21N3O/c1-10(9-16-4)15(3)12-7-5-6-11(14-12)8-13-2/h5-7,10,13H,8-9H2,1-4H3. The highest BCUT2D eigenvalue weighted by molar-refractivity contribution is 5.39. The zero-order valence-corrected chi connectivity index (χ0v) is 10.5. The lowest BCUT2D eigenvalue weighted by molar-refractivity contribution is 0.183. The van der Waals surface area contributed by atoms with Crippen molar-refractivity contribution in [2.45, 2.75) is 19.5 Å². The fourth-order valence-corrected chi connectivity index (χ4v) is 1.52. The fourth-order valence-electron chi connectivity index (χ4n) is 1.52. The van der Waals surface area contributed by atoms with E-state index in [-0.39, 0.29) is 0 Å². The van der Waals surface area contributed by atoms with Gasteiger partial charge in [0.25, 0.3) is 0 Å². The van der Waals surface area contributed by atoms with Gasteiger partial charge in [0.1, 0.15) is 5.82 Å². The van der Waals surface area contributed by atoms with Crippen molar-refractivity contribution in [3.8, 4) is 0 Å². The van der Waals surface area contributed by atoms with Crippen LogP contribution in [0.15, 0.2) is 18.2 Å². The van der Waals surface area contributed by atoms with Gasteiger partial charge in [0.15, 0.2) is 0 Å². The molecule has 0 saturated carbocycles. The van der Waals surface area contributed by atoms with E-state index < -0.39 is 0 Å². The third-order valence-electron chi connectivity index (χ3n) is 2.58. The van der Waals surface area contributed by atoms with E-state index in [1.165, 1.54) is 0 Å². The Kier molecular flexibility index (Phi) is 5.22. The zero-order chi connectivity index (χ0) is 12.0. The van der Waals surface area contributed by atoms with Gasteiger partial charge in [-0.05, 0) is 26.1 Å². The molecule has 4 nitrogen and oxygen atoms in total. The van der Waals surface area contributed by atoms with Gasteiger partial charge in [0.2, 0.25) is 0 Å². The summed E-state index contributed by atoms with van der Waals surface area (Å²) in [5, 5.41) is 3.10. The van der Waals surface area contributed by atoms with E-state index in [4.69, 9.17) is 4.74 Å². The van der Waals surface area contributed by atoms with Crippen molar-refractivity contribution in [3.63, 3.8) is 0 Å². The highest BCUT2D eigenvalue weighted by atomic mass is 16.5. The average Bonchev–Trinajstić information content (AvgIpc) is 2.29. The van der Waals surface area contributed by atoms with Crippen LogP contribution >= 0.6 is 0 Å². The summed E-state index contributed by atoms with van der Waals surface area (Å²) in [6.07, 6.45) is 0. The van der Waals surface area contributed by atoms with Gasteiger partial charge in [0.05, 0.1) is 18.3 Å². The first kappa shape index (κ1) is 12.9. The van der Waals surface area contributed by atoms with Crippen LogP contribution in [0.1, 0.15) is 12.6 Å². The smallest absolute Gasteiger partial charge is 0.128 e. The molecule has 4 heteroatoms. The molecular weight excluding hydrogens is 202 g/mol. The SMILES string of the molecule is CNCc1cccc(N(C)C(C)COC)n1. The summed E-state index contributed by atoms with van der Waals surface area (Å²) >= 11 is 0. The lowest BCUT2D eigenvalue weighted by Gasteiger charge is -2.25. The largest absolute Gasteiger partial charge is 0.383 e. The third kappa shape index (κ3) is 3.47. The molecule has 1 rings (SSSR count). The molecule has 1 N–H and O–H groups in total. The van der Waals surface area contributed by atoms with Crippen LogP contribution in [0.2, 0.25) is 0 Å². The van der Waals surface area contributed by atoms with Crippen LogP contribution in [-0.2, 0) is 11.3 Å². The van der Waals surface area contributed by atoms with Crippen LogP contribution in [0.25, 0.3) is 0 Å². The summed E-state index contributed by atoms with van der Waals surface area (Å²) in [4.78, 5) is 6.70. The second kappa shape index (κ2) is 6.45. The van der Waals surface area contributed by atoms with Crippen molar-refractivity contribution in [2.24, 2.45) is 0 Å². The molecule has 0 spiro atoms. The molecule has 0 radical (unpaired) electrons. The summed E-state index contributed by atoms with van der Waals surface area (Å²) in [6.45, 7) is 3.62. The predicted molar refractivity (Wildman–Crippen MR) is 66.7 cm³/mol. The summed E-state index contributed by atoms with van der Waals surface area (Å²) in [5.41, 5.74) is 1.05. The predicted octanol–water partition coefficient (Wildman–Crippen LogP) is 1.27. The molecule has 0 aliphatic heterocycles. The van der Waals surface area contributed by atoms with Crippen molar-refractivity contribution in [1.82, 2.24) is 10.3 Å². The monoisotopic (exact) mass is 223 g/mol. The highest BCUT2D eigenvalue weighted by Crippen LogP contribution is 2.12. The molecule has 0 bridgehead atoms. The lowest BCUT2D eigenvalue weighted by Crippen LogP contribution is -2.33. The Morgan fingerprint density at radius 1 is 1.50 bits per heavy atom. The van der Waals surface area contributed by atoms with E-state index in [1.807, 2.05) is 32.3 Å². The Hall–Kier alpha value is -1.13. The first-order valence-corrected chi connectivity index (χ1v) is 5.51. The van der Waals surface area contributed by atoms with Crippen molar-refractivity contribution in [1.29, 1.82) is 0 Å². The summed E-state index contributed by atoms with van der Waals surface area (Å²) in [5.74, 6) is 0.984. The van der Waals surface area contributed by atoms with Crippen molar-refractivity contribution >= 4 is 5.82 Å². The van der Waals surface area contributed by atoms with E-state index >= 15 is 0 Å². The zero-order valence-electron chi connectivity index (χ0n) is 10.5. The number of aromatic nitrogens is 1. The number of hydrogen-bond acceptors (Lipinski definition) is 4. The van der Waals surface area contributed by atoms with Crippen LogP contribution in [0.3, 0.4) is 0 Å². The van der Waals surface area contributed by atoms with Crippen LogP contribution in [0, 0.1) is 0 Å². The normalized spacial score (nSPS) is 12.5. The van der Waals surface area contributed by atoms with E-state index in [9.17, 15) is 0 Å². The van der Waals surface area contributed by atoms with Crippen LogP contribution in [0.5, 0.6) is 0 Å². The Balaban J connectivity index is 2.74. The number of likely N-dealkylation sites (N-methyl/N-ethyl adjacent to an activating group) is 1. The minimum absolute atomic E-state index is 0.322. The summed E-state index contributed by atoms with van der Waals surface area (Å²) in [7, 11) is 5.68. The number of rotatable bonds is 6. The van der Waals surface area contributed by atoms with Gasteiger partial charge < -0.3 is 15.0 Å². The van der Waals surface area contributed by atoms with E-state index in [2.05, 4.69) is 22.1 Å². The molecule has 1 aromatic heterocycles. The Morgan fingerprint density at radius 2 is 2.25 bits per heavy atom. The molecule has 0 aromatic carbocycles. The molecule has 0 aliphatic carbocycles. The minimum Gasteiger partial charge on any atom is -0.383 e.